The van der Waals surface area contributed by atoms with Crippen LogP contribution >= 0.6 is 0 Å². The average Bonchev–Trinajstić information content (AvgIpc) is 3.13. The first-order valence-electron chi connectivity index (χ1n) is 9.48. The highest BCUT2D eigenvalue weighted by atomic mass is 16.5. The highest BCUT2D eigenvalue weighted by Gasteiger charge is 2.17. The summed E-state index contributed by atoms with van der Waals surface area (Å²) in [6, 6.07) is 16.4. The van der Waals surface area contributed by atoms with E-state index in [1.54, 1.807) is 0 Å². The van der Waals surface area contributed by atoms with E-state index in [0.29, 0.717) is 12.2 Å². The maximum atomic E-state index is 11.9. The summed E-state index contributed by atoms with van der Waals surface area (Å²) in [6.45, 7) is 5.20. The first kappa shape index (κ1) is 17.6. The molecule has 138 valence electrons. The molecular formula is C23H24N2O2. The van der Waals surface area contributed by atoms with Crippen LogP contribution in [0.1, 0.15) is 34.8 Å². The van der Waals surface area contributed by atoms with Crippen LogP contribution in [0.2, 0.25) is 0 Å². The number of fused-ring (bicyclic) bond motifs is 1. The largest absolute Gasteiger partial charge is 0.462 e. The minimum atomic E-state index is -0.274. The molecule has 1 aliphatic heterocycles. The Morgan fingerprint density at radius 3 is 2.78 bits per heavy atom. The molecule has 1 aliphatic rings. The summed E-state index contributed by atoms with van der Waals surface area (Å²) in [5.41, 5.74) is 5.52. The van der Waals surface area contributed by atoms with E-state index in [1.807, 2.05) is 25.1 Å². The lowest BCUT2D eigenvalue weighted by Crippen LogP contribution is -2.27. The number of hydrogen-bond donors (Lipinski definition) is 1. The molecule has 0 aliphatic carbocycles. The van der Waals surface area contributed by atoms with E-state index in [0.717, 1.165) is 37.0 Å². The van der Waals surface area contributed by atoms with Gasteiger partial charge < -0.3 is 9.72 Å². The molecule has 4 heteroatoms. The Morgan fingerprint density at radius 1 is 1.19 bits per heavy atom. The lowest BCUT2D eigenvalue weighted by Gasteiger charge is -2.26. The quantitative estimate of drug-likeness (QED) is 0.675. The van der Waals surface area contributed by atoms with Crippen LogP contribution in [0.25, 0.3) is 16.5 Å². The molecule has 27 heavy (non-hydrogen) atoms. The van der Waals surface area contributed by atoms with Gasteiger partial charge >= 0.3 is 5.97 Å². The predicted octanol–water partition coefficient (Wildman–Crippen LogP) is 4.63. The third kappa shape index (κ3) is 3.81. The lowest BCUT2D eigenvalue weighted by atomic mass is 9.98. The number of nitrogens with one attached hydrogen (secondary N) is 1. The Labute approximate surface area is 159 Å². The van der Waals surface area contributed by atoms with Crippen LogP contribution in [-0.4, -0.2) is 35.5 Å². The van der Waals surface area contributed by atoms with Crippen molar-refractivity contribution >= 4 is 22.4 Å². The molecule has 3 aromatic rings. The molecule has 4 nitrogen and oxygen atoms in total. The average molecular weight is 360 g/mol. The standard InChI is InChI=1S/C23H24N2O2/c1-2-27-23(26)19-8-9-20-21(15-24-22(20)14-19)18-10-12-25(13-11-18)16-17-6-4-3-5-7-17/h3-10,14-15,24H,2,11-13,16H2,1H3. The van der Waals surface area contributed by atoms with Crippen molar-refractivity contribution in [1.29, 1.82) is 0 Å². The molecule has 0 radical (unpaired) electrons. The number of esters is 1. The maximum absolute atomic E-state index is 11.9. The number of benzene rings is 2. The second-order valence-corrected chi connectivity index (χ2v) is 6.88. The van der Waals surface area contributed by atoms with Gasteiger partial charge in [-0.15, -0.1) is 0 Å². The van der Waals surface area contributed by atoms with E-state index in [9.17, 15) is 4.79 Å². The molecule has 2 heterocycles. The van der Waals surface area contributed by atoms with Gasteiger partial charge in [-0.3, -0.25) is 4.90 Å². The number of nitrogens with zero attached hydrogens (tertiary/aromatic N) is 1. The van der Waals surface area contributed by atoms with Crippen molar-refractivity contribution in [3.8, 4) is 0 Å². The zero-order valence-electron chi connectivity index (χ0n) is 15.6. The number of H-pyrrole nitrogens is 1. The van der Waals surface area contributed by atoms with E-state index >= 15 is 0 Å². The normalized spacial score (nSPS) is 14.9. The Kier molecular flexibility index (Phi) is 5.07. The van der Waals surface area contributed by atoms with Crippen molar-refractivity contribution < 1.29 is 9.53 Å². The monoisotopic (exact) mass is 360 g/mol. The van der Waals surface area contributed by atoms with Crippen molar-refractivity contribution in [2.75, 3.05) is 19.7 Å². The minimum Gasteiger partial charge on any atom is -0.462 e. The smallest absolute Gasteiger partial charge is 0.338 e. The van der Waals surface area contributed by atoms with E-state index in [-0.39, 0.29) is 5.97 Å². The van der Waals surface area contributed by atoms with Crippen molar-refractivity contribution in [2.45, 2.75) is 19.9 Å². The zero-order chi connectivity index (χ0) is 18.6. The van der Waals surface area contributed by atoms with Crippen LogP contribution in [0.5, 0.6) is 0 Å². The fraction of sp³-hybridized carbons (Fsp3) is 0.261. The fourth-order valence-corrected chi connectivity index (χ4v) is 3.67. The van der Waals surface area contributed by atoms with E-state index < -0.39 is 0 Å². The van der Waals surface area contributed by atoms with Crippen LogP contribution in [0.3, 0.4) is 0 Å². The van der Waals surface area contributed by atoms with Gasteiger partial charge in [0.2, 0.25) is 0 Å². The number of aromatic nitrogens is 1. The fourth-order valence-electron chi connectivity index (χ4n) is 3.67. The predicted molar refractivity (Wildman–Crippen MR) is 109 cm³/mol. The summed E-state index contributed by atoms with van der Waals surface area (Å²) >= 11 is 0. The van der Waals surface area contributed by atoms with Crippen molar-refractivity contribution in [3.63, 3.8) is 0 Å². The third-order valence-electron chi connectivity index (χ3n) is 5.08. The van der Waals surface area contributed by atoms with Crippen molar-refractivity contribution in [2.24, 2.45) is 0 Å². The summed E-state index contributed by atoms with van der Waals surface area (Å²) in [7, 11) is 0. The number of carbonyl (C=O) groups excluding carboxylic acids is 1. The van der Waals surface area contributed by atoms with E-state index in [4.69, 9.17) is 4.74 Å². The first-order valence-corrected chi connectivity index (χ1v) is 9.48. The molecule has 2 aromatic carbocycles. The second kappa shape index (κ2) is 7.80. The van der Waals surface area contributed by atoms with Gasteiger partial charge in [0.1, 0.15) is 0 Å². The Hall–Kier alpha value is -2.85. The van der Waals surface area contributed by atoms with Gasteiger partial charge in [-0.05, 0) is 36.6 Å². The highest BCUT2D eigenvalue weighted by Crippen LogP contribution is 2.30. The lowest BCUT2D eigenvalue weighted by molar-refractivity contribution is 0.0526. The van der Waals surface area contributed by atoms with Gasteiger partial charge in [0.05, 0.1) is 12.2 Å². The minimum absolute atomic E-state index is 0.274. The summed E-state index contributed by atoms with van der Waals surface area (Å²) in [5.74, 6) is -0.274. The summed E-state index contributed by atoms with van der Waals surface area (Å²) in [6.07, 6.45) is 5.41. The van der Waals surface area contributed by atoms with E-state index in [2.05, 4.69) is 52.5 Å². The van der Waals surface area contributed by atoms with Gasteiger partial charge in [-0.25, -0.2) is 4.79 Å². The second-order valence-electron chi connectivity index (χ2n) is 6.88. The number of hydrogen-bond acceptors (Lipinski definition) is 3. The molecule has 0 unspecified atom stereocenters. The van der Waals surface area contributed by atoms with Crippen LogP contribution in [-0.2, 0) is 11.3 Å². The topological polar surface area (TPSA) is 45.3 Å². The number of carbonyl (C=O) groups is 1. The molecule has 4 rings (SSSR count). The van der Waals surface area contributed by atoms with E-state index in [1.165, 1.54) is 16.7 Å². The first-order chi connectivity index (χ1) is 13.2. The zero-order valence-corrected chi connectivity index (χ0v) is 15.6. The Bertz CT molecular complexity index is 972. The molecule has 1 N–H and O–H groups in total. The number of rotatable bonds is 5. The molecule has 0 fully saturated rings. The van der Waals surface area contributed by atoms with Crippen LogP contribution in [0.15, 0.2) is 60.8 Å². The number of ether oxygens (including phenoxy) is 1. The highest BCUT2D eigenvalue weighted by molar-refractivity contribution is 5.98. The molecule has 0 spiro atoms. The van der Waals surface area contributed by atoms with Crippen molar-refractivity contribution in [1.82, 2.24) is 9.88 Å². The van der Waals surface area contributed by atoms with Gasteiger partial charge in [0, 0.05) is 42.3 Å². The van der Waals surface area contributed by atoms with Gasteiger partial charge in [-0.2, -0.15) is 0 Å². The van der Waals surface area contributed by atoms with Crippen LogP contribution in [0, 0.1) is 0 Å². The molecule has 0 saturated carbocycles. The van der Waals surface area contributed by atoms with Crippen LogP contribution in [0.4, 0.5) is 0 Å². The summed E-state index contributed by atoms with van der Waals surface area (Å²) < 4.78 is 5.09. The van der Waals surface area contributed by atoms with Crippen molar-refractivity contribution in [3.05, 3.63) is 77.5 Å². The summed E-state index contributed by atoms with van der Waals surface area (Å²) in [5, 5.41) is 1.16. The summed E-state index contributed by atoms with van der Waals surface area (Å²) in [4.78, 5) is 17.7. The van der Waals surface area contributed by atoms with Gasteiger partial charge in [0.15, 0.2) is 0 Å². The maximum Gasteiger partial charge on any atom is 0.338 e. The molecular weight excluding hydrogens is 336 g/mol. The Balaban J connectivity index is 1.50. The molecule has 0 atom stereocenters. The number of aromatic amines is 1. The molecule has 0 saturated heterocycles. The SMILES string of the molecule is CCOC(=O)c1ccc2c(C3=CCN(Cc4ccccc4)CC3)c[nH]c2c1. The third-order valence-corrected chi connectivity index (χ3v) is 5.08. The van der Waals surface area contributed by atoms with Gasteiger partial charge in [0.25, 0.3) is 0 Å². The molecule has 1 aromatic heterocycles. The van der Waals surface area contributed by atoms with Gasteiger partial charge in [-0.1, -0.05) is 42.5 Å². The molecule has 0 amide bonds. The van der Waals surface area contributed by atoms with Crippen LogP contribution < -0.4 is 0 Å². The molecule has 0 bridgehead atoms. The Morgan fingerprint density at radius 2 is 2.04 bits per heavy atom.